The third kappa shape index (κ3) is 5.59. The fourth-order valence-electron chi connectivity index (χ4n) is 1.72. The molecule has 1 unspecified atom stereocenters. The molecular formula is C14H28N2O3. The molecule has 0 aliphatic carbocycles. The van der Waals surface area contributed by atoms with Crippen LogP contribution in [0.3, 0.4) is 0 Å². The van der Waals surface area contributed by atoms with E-state index in [0.717, 1.165) is 13.0 Å². The van der Waals surface area contributed by atoms with E-state index in [1.807, 2.05) is 27.9 Å². The second-order valence-corrected chi connectivity index (χ2v) is 6.03. The molecule has 0 aliphatic heterocycles. The number of carbonyl (C=O) groups is 2. The summed E-state index contributed by atoms with van der Waals surface area (Å²) < 4.78 is 0. The maximum absolute atomic E-state index is 12.1. The Kier molecular flexibility index (Phi) is 7.05. The van der Waals surface area contributed by atoms with E-state index in [1.54, 1.807) is 18.9 Å². The van der Waals surface area contributed by atoms with Crippen molar-refractivity contribution in [3.05, 3.63) is 0 Å². The summed E-state index contributed by atoms with van der Waals surface area (Å²) in [4.78, 5) is 27.1. The van der Waals surface area contributed by atoms with Crippen LogP contribution >= 0.6 is 0 Å². The van der Waals surface area contributed by atoms with Gasteiger partial charge in [0, 0.05) is 20.0 Å². The molecule has 5 heteroatoms. The molecule has 0 rings (SSSR count). The largest absolute Gasteiger partial charge is 0.481 e. The van der Waals surface area contributed by atoms with Gasteiger partial charge in [0.05, 0.1) is 5.41 Å². The van der Waals surface area contributed by atoms with Crippen molar-refractivity contribution < 1.29 is 14.7 Å². The van der Waals surface area contributed by atoms with Crippen LogP contribution in [0.4, 0.5) is 0 Å². The summed E-state index contributed by atoms with van der Waals surface area (Å²) in [5.74, 6) is -1.08. The van der Waals surface area contributed by atoms with Crippen molar-refractivity contribution in [3.63, 3.8) is 0 Å². The average molecular weight is 272 g/mol. The monoisotopic (exact) mass is 272 g/mol. The summed E-state index contributed by atoms with van der Waals surface area (Å²) in [7, 11) is 5.71. The number of carbonyl (C=O) groups excluding carboxylic acids is 1. The van der Waals surface area contributed by atoms with Crippen LogP contribution in [0, 0.1) is 11.3 Å². The van der Waals surface area contributed by atoms with Gasteiger partial charge in [-0.2, -0.15) is 0 Å². The summed E-state index contributed by atoms with van der Waals surface area (Å²) in [6.07, 6.45) is 0.944. The first-order valence-electron chi connectivity index (χ1n) is 6.73. The number of hydrogen-bond donors (Lipinski definition) is 1. The second-order valence-electron chi connectivity index (χ2n) is 6.03. The van der Waals surface area contributed by atoms with Crippen molar-refractivity contribution in [2.75, 3.05) is 34.2 Å². The van der Waals surface area contributed by atoms with E-state index >= 15 is 0 Å². The van der Waals surface area contributed by atoms with E-state index in [1.165, 1.54) is 0 Å². The first-order valence-corrected chi connectivity index (χ1v) is 6.73. The molecule has 5 nitrogen and oxygen atoms in total. The van der Waals surface area contributed by atoms with Crippen LogP contribution in [0.25, 0.3) is 0 Å². The molecule has 0 radical (unpaired) electrons. The maximum atomic E-state index is 12.1. The number of carboxylic acids is 1. The molecule has 0 heterocycles. The van der Waals surface area contributed by atoms with E-state index in [4.69, 9.17) is 0 Å². The first-order chi connectivity index (χ1) is 8.61. The van der Waals surface area contributed by atoms with Gasteiger partial charge in [-0.1, -0.05) is 13.8 Å². The van der Waals surface area contributed by atoms with Crippen molar-refractivity contribution in [2.24, 2.45) is 11.3 Å². The van der Waals surface area contributed by atoms with Gasteiger partial charge in [-0.15, -0.1) is 0 Å². The van der Waals surface area contributed by atoms with Gasteiger partial charge in [0.25, 0.3) is 0 Å². The normalized spacial score (nSPS) is 14.5. The molecule has 0 bridgehead atoms. The minimum Gasteiger partial charge on any atom is -0.481 e. The lowest BCUT2D eigenvalue weighted by atomic mass is 9.76. The van der Waals surface area contributed by atoms with Crippen molar-refractivity contribution in [1.82, 2.24) is 9.80 Å². The third-order valence-electron chi connectivity index (χ3n) is 3.81. The van der Waals surface area contributed by atoms with E-state index in [9.17, 15) is 14.7 Å². The van der Waals surface area contributed by atoms with Crippen LogP contribution in [-0.2, 0) is 9.59 Å². The molecule has 0 fully saturated rings. The molecule has 19 heavy (non-hydrogen) atoms. The molecule has 1 N–H and O–H groups in total. The molecule has 0 saturated heterocycles. The van der Waals surface area contributed by atoms with E-state index < -0.39 is 11.4 Å². The Morgan fingerprint density at radius 3 is 2.05 bits per heavy atom. The summed E-state index contributed by atoms with van der Waals surface area (Å²) in [5.41, 5.74) is -0.993. The average Bonchev–Trinajstić information content (AvgIpc) is 2.27. The Labute approximate surface area is 116 Å². The van der Waals surface area contributed by atoms with Crippen molar-refractivity contribution in [2.45, 2.75) is 33.6 Å². The minimum absolute atomic E-state index is 0.0540. The van der Waals surface area contributed by atoms with Gasteiger partial charge >= 0.3 is 5.97 Å². The number of amides is 1. The third-order valence-corrected chi connectivity index (χ3v) is 3.81. The number of hydrogen-bond acceptors (Lipinski definition) is 3. The standard InChI is InChI=1S/C14H28N2O3/c1-11(2)14(3,13(18)19)10-12(17)16(6)9-7-8-15(4)5/h11H,7-10H2,1-6H3,(H,18,19). The number of carboxylic acid groups (broad SMARTS) is 1. The molecule has 0 aliphatic rings. The Morgan fingerprint density at radius 1 is 1.16 bits per heavy atom. The van der Waals surface area contributed by atoms with Crippen LogP contribution in [0.1, 0.15) is 33.6 Å². The first kappa shape index (κ1) is 17.9. The summed E-state index contributed by atoms with van der Waals surface area (Å²) >= 11 is 0. The highest BCUT2D eigenvalue weighted by Crippen LogP contribution is 2.31. The van der Waals surface area contributed by atoms with Gasteiger partial charge in [-0.05, 0) is 39.9 Å². The summed E-state index contributed by atoms with van der Waals surface area (Å²) in [6.45, 7) is 6.90. The fourth-order valence-corrected chi connectivity index (χ4v) is 1.72. The van der Waals surface area contributed by atoms with Crippen molar-refractivity contribution >= 4 is 11.9 Å². The summed E-state index contributed by atoms with van der Waals surface area (Å²) in [6, 6.07) is 0. The highest BCUT2D eigenvalue weighted by Gasteiger charge is 2.39. The molecule has 0 aromatic rings. The zero-order valence-corrected chi connectivity index (χ0v) is 13.1. The number of nitrogens with zero attached hydrogens (tertiary/aromatic N) is 2. The van der Waals surface area contributed by atoms with Crippen LogP contribution in [0.5, 0.6) is 0 Å². The van der Waals surface area contributed by atoms with Gasteiger partial charge in [0.15, 0.2) is 0 Å². The highest BCUT2D eigenvalue weighted by atomic mass is 16.4. The Hall–Kier alpha value is -1.10. The van der Waals surface area contributed by atoms with Crippen LogP contribution in [-0.4, -0.2) is 61.0 Å². The lowest BCUT2D eigenvalue weighted by Crippen LogP contribution is -2.40. The Balaban J connectivity index is 4.45. The van der Waals surface area contributed by atoms with Gasteiger partial charge in [-0.3, -0.25) is 9.59 Å². The van der Waals surface area contributed by atoms with Crippen LogP contribution < -0.4 is 0 Å². The van der Waals surface area contributed by atoms with E-state index in [0.29, 0.717) is 6.54 Å². The van der Waals surface area contributed by atoms with Crippen molar-refractivity contribution in [1.29, 1.82) is 0 Å². The maximum Gasteiger partial charge on any atom is 0.310 e. The zero-order valence-electron chi connectivity index (χ0n) is 13.1. The molecule has 1 amide bonds. The molecule has 0 aromatic carbocycles. The van der Waals surface area contributed by atoms with E-state index in [2.05, 4.69) is 4.90 Å². The Bertz CT molecular complexity index is 316. The predicted octanol–water partition coefficient (Wildman–Crippen LogP) is 1.53. The lowest BCUT2D eigenvalue weighted by molar-refractivity contribution is -0.155. The van der Waals surface area contributed by atoms with Crippen molar-refractivity contribution in [3.8, 4) is 0 Å². The molecule has 1 atom stereocenters. The quantitative estimate of drug-likeness (QED) is 0.728. The van der Waals surface area contributed by atoms with Gasteiger partial charge in [0.2, 0.25) is 5.91 Å². The number of rotatable bonds is 8. The fraction of sp³-hybridized carbons (Fsp3) is 0.857. The molecule has 0 spiro atoms. The molecule has 112 valence electrons. The highest BCUT2D eigenvalue weighted by molar-refractivity contribution is 5.84. The van der Waals surface area contributed by atoms with Gasteiger partial charge < -0.3 is 14.9 Å². The van der Waals surface area contributed by atoms with Gasteiger partial charge in [0.1, 0.15) is 0 Å². The van der Waals surface area contributed by atoms with Gasteiger partial charge in [-0.25, -0.2) is 0 Å². The SMILES string of the molecule is CC(C)C(C)(CC(=O)N(C)CCCN(C)C)C(=O)O. The molecule has 0 aromatic heterocycles. The minimum atomic E-state index is -0.993. The smallest absolute Gasteiger partial charge is 0.310 e. The second kappa shape index (κ2) is 7.48. The molecule has 0 saturated carbocycles. The summed E-state index contributed by atoms with van der Waals surface area (Å²) in [5, 5.41) is 9.31. The van der Waals surface area contributed by atoms with Crippen LogP contribution in [0.2, 0.25) is 0 Å². The Morgan fingerprint density at radius 2 is 1.68 bits per heavy atom. The van der Waals surface area contributed by atoms with E-state index in [-0.39, 0.29) is 18.2 Å². The number of aliphatic carboxylic acids is 1. The topological polar surface area (TPSA) is 60.9 Å². The zero-order chi connectivity index (χ0) is 15.2. The lowest BCUT2D eigenvalue weighted by Gasteiger charge is -2.30. The van der Waals surface area contributed by atoms with Crippen LogP contribution in [0.15, 0.2) is 0 Å². The predicted molar refractivity (Wildman–Crippen MR) is 76.0 cm³/mol. The molecular weight excluding hydrogens is 244 g/mol.